The quantitative estimate of drug-likeness (QED) is 0.670. The smallest absolute Gasteiger partial charge is 0.189 e. The van der Waals surface area contributed by atoms with Gasteiger partial charge in [-0.2, -0.15) is 0 Å². The van der Waals surface area contributed by atoms with Gasteiger partial charge in [0, 0.05) is 35.5 Å². The third-order valence-electron chi connectivity index (χ3n) is 2.73. The van der Waals surface area contributed by atoms with Gasteiger partial charge in [0.15, 0.2) is 12.6 Å². The summed E-state index contributed by atoms with van der Waals surface area (Å²) in [5.74, 6) is 0. The van der Waals surface area contributed by atoms with Crippen LogP contribution in [0.25, 0.3) is 0 Å². The fourth-order valence-electron chi connectivity index (χ4n) is 1.92. The van der Waals surface area contributed by atoms with Crippen LogP contribution in [0.3, 0.4) is 0 Å². The lowest BCUT2D eigenvalue weighted by atomic mass is 10.0. The summed E-state index contributed by atoms with van der Waals surface area (Å²) in [5.41, 5.74) is 0. The summed E-state index contributed by atoms with van der Waals surface area (Å²) in [6.07, 6.45) is -2.09. The van der Waals surface area contributed by atoms with Crippen LogP contribution in [0.2, 0.25) is 0 Å². The van der Waals surface area contributed by atoms with Crippen LogP contribution in [0.5, 0.6) is 0 Å². The molecule has 1 fully saturated rings. The van der Waals surface area contributed by atoms with Crippen molar-refractivity contribution in [3.8, 4) is 0 Å². The predicted octanol–water partition coefficient (Wildman–Crippen LogP) is 0.00660. The maximum atomic E-state index is 5.55. The first-order valence-corrected chi connectivity index (χ1v) is 5.02. The molecular formula is C10H20O6. The SMILES string of the molecule is COC1OC(OC)[C@H](OC)C(OC)[C@@H]1OC. The van der Waals surface area contributed by atoms with Crippen molar-refractivity contribution in [3.05, 3.63) is 0 Å². The van der Waals surface area contributed by atoms with Gasteiger partial charge in [0.1, 0.15) is 18.3 Å². The molecule has 3 unspecified atom stereocenters. The molecular weight excluding hydrogens is 216 g/mol. The Kier molecular flexibility index (Phi) is 5.60. The molecule has 1 heterocycles. The molecule has 1 rings (SSSR count). The van der Waals surface area contributed by atoms with Crippen LogP contribution in [0.1, 0.15) is 0 Å². The summed E-state index contributed by atoms with van der Waals surface area (Å²) >= 11 is 0. The van der Waals surface area contributed by atoms with E-state index >= 15 is 0 Å². The molecule has 0 spiro atoms. The van der Waals surface area contributed by atoms with E-state index in [2.05, 4.69) is 0 Å². The summed E-state index contributed by atoms with van der Waals surface area (Å²) < 4.78 is 31.9. The molecule has 96 valence electrons. The Hall–Kier alpha value is -0.240. The van der Waals surface area contributed by atoms with Crippen LogP contribution in [-0.4, -0.2) is 66.4 Å². The maximum Gasteiger partial charge on any atom is 0.189 e. The van der Waals surface area contributed by atoms with Crippen molar-refractivity contribution in [1.82, 2.24) is 0 Å². The van der Waals surface area contributed by atoms with Gasteiger partial charge in [0.2, 0.25) is 0 Å². The van der Waals surface area contributed by atoms with E-state index in [0.717, 1.165) is 0 Å². The van der Waals surface area contributed by atoms with Gasteiger partial charge in [0.25, 0.3) is 0 Å². The van der Waals surface area contributed by atoms with Gasteiger partial charge in [-0.25, -0.2) is 0 Å². The highest BCUT2D eigenvalue weighted by Gasteiger charge is 2.47. The van der Waals surface area contributed by atoms with Crippen molar-refractivity contribution in [2.24, 2.45) is 0 Å². The number of methoxy groups -OCH3 is 5. The Morgan fingerprint density at radius 3 is 1.19 bits per heavy atom. The lowest BCUT2D eigenvalue weighted by molar-refractivity contribution is -0.349. The minimum atomic E-state index is -0.536. The van der Waals surface area contributed by atoms with Crippen molar-refractivity contribution in [3.63, 3.8) is 0 Å². The van der Waals surface area contributed by atoms with E-state index in [1.807, 2.05) is 0 Å². The third-order valence-corrected chi connectivity index (χ3v) is 2.73. The summed E-state index contributed by atoms with van der Waals surface area (Å²) in [6, 6.07) is 0. The molecule has 0 N–H and O–H groups in total. The van der Waals surface area contributed by atoms with Gasteiger partial charge in [-0.05, 0) is 0 Å². The van der Waals surface area contributed by atoms with E-state index in [4.69, 9.17) is 28.4 Å². The molecule has 5 atom stereocenters. The molecule has 0 aromatic carbocycles. The Morgan fingerprint density at radius 2 is 0.938 bits per heavy atom. The summed E-state index contributed by atoms with van der Waals surface area (Å²) in [5, 5.41) is 0. The fourth-order valence-corrected chi connectivity index (χ4v) is 1.92. The average Bonchev–Trinajstić information content (AvgIpc) is 2.35. The average molecular weight is 236 g/mol. The summed E-state index contributed by atoms with van der Waals surface area (Å²) in [6.45, 7) is 0. The van der Waals surface area contributed by atoms with Crippen LogP contribution in [-0.2, 0) is 28.4 Å². The molecule has 1 aliphatic heterocycles. The Labute approximate surface area is 95.7 Å². The van der Waals surface area contributed by atoms with Gasteiger partial charge in [-0.3, -0.25) is 0 Å². The normalized spacial score (nSPS) is 39.9. The van der Waals surface area contributed by atoms with Crippen molar-refractivity contribution >= 4 is 0 Å². The highest BCUT2D eigenvalue weighted by atomic mass is 16.8. The van der Waals surface area contributed by atoms with Gasteiger partial charge >= 0.3 is 0 Å². The zero-order chi connectivity index (χ0) is 12.1. The first-order valence-electron chi connectivity index (χ1n) is 5.02. The van der Waals surface area contributed by atoms with Crippen LogP contribution >= 0.6 is 0 Å². The molecule has 0 aromatic rings. The highest BCUT2D eigenvalue weighted by molar-refractivity contribution is 4.88. The number of rotatable bonds is 5. The van der Waals surface area contributed by atoms with E-state index in [1.54, 1.807) is 35.5 Å². The van der Waals surface area contributed by atoms with E-state index in [0.29, 0.717) is 0 Å². The monoisotopic (exact) mass is 236 g/mol. The molecule has 6 nitrogen and oxygen atoms in total. The third kappa shape index (κ3) is 2.53. The molecule has 6 heteroatoms. The molecule has 16 heavy (non-hydrogen) atoms. The number of hydrogen-bond donors (Lipinski definition) is 0. The van der Waals surface area contributed by atoms with E-state index in [1.165, 1.54) is 0 Å². The first kappa shape index (κ1) is 13.8. The van der Waals surface area contributed by atoms with Crippen LogP contribution in [0, 0.1) is 0 Å². The van der Waals surface area contributed by atoms with Crippen LogP contribution in [0.4, 0.5) is 0 Å². The van der Waals surface area contributed by atoms with E-state index in [9.17, 15) is 0 Å². The lowest BCUT2D eigenvalue weighted by Gasteiger charge is -2.43. The standard InChI is InChI=1S/C10H20O6/c1-11-6-7(12-2)9(14-4)16-10(15-5)8(6)13-3/h6-10H,1-5H3/t6?,7-,8+,9?,10?. The molecule has 0 amide bonds. The van der Waals surface area contributed by atoms with Crippen molar-refractivity contribution in [2.75, 3.05) is 35.5 Å². The van der Waals surface area contributed by atoms with Gasteiger partial charge in [-0.1, -0.05) is 0 Å². The topological polar surface area (TPSA) is 55.4 Å². The van der Waals surface area contributed by atoms with Crippen LogP contribution in [0.15, 0.2) is 0 Å². The zero-order valence-electron chi connectivity index (χ0n) is 10.3. The molecule has 0 aromatic heterocycles. The van der Waals surface area contributed by atoms with Gasteiger partial charge < -0.3 is 28.4 Å². The molecule has 0 bridgehead atoms. The van der Waals surface area contributed by atoms with E-state index < -0.39 is 12.6 Å². The fraction of sp³-hybridized carbons (Fsp3) is 1.00. The predicted molar refractivity (Wildman–Crippen MR) is 55.1 cm³/mol. The van der Waals surface area contributed by atoms with Crippen LogP contribution < -0.4 is 0 Å². The second-order valence-corrected chi connectivity index (χ2v) is 3.45. The molecule has 0 saturated carbocycles. The molecule has 1 saturated heterocycles. The largest absolute Gasteiger partial charge is 0.376 e. The minimum absolute atomic E-state index is 0.307. The summed E-state index contributed by atoms with van der Waals surface area (Å²) in [7, 11) is 7.83. The first-order chi connectivity index (χ1) is 7.73. The molecule has 0 aliphatic carbocycles. The van der Waals surface area contributed by atoms with Gasteiger partial charge in [0.05, 0.1) is 0 Å². The van der Waals surface area contributed by atoms with E-state index in [-0.39, 0.29) is 18.3 Å². The zero-order valence-corrected chi connectivity index (χ0v) is 10.3. The second-order valence-electron chi connectivity index (χ2n) is 3.45. The maximum absolute atomic E-state index is 5.55. The Balaban J connectivity index is 2.85. The lowest BCUT2D eigenvalue weighted by Crippen LogP contribution is -2.60. The highest BCUT2D eigenvalue weighted by Crippen LogP contribution is 2.27. The Bertz CT molecular complexity index is 182. The van der Waals surface area contributed by atoms with Crippen molar-refractivity contribution < 1.29 is 28.4 Å². The summed E-state index contributed by atoms with van der Waals surface area (Å²) in [4.78, 5) is 0. The molecule has 0 radical (unpaired) electrons. The molecule has 1 aliphatic rings. The van der Waals surface area contributed by atoms with Crippen molar-refractivity contribution in [1.29, 1.82) is 0 Å². The van der Waals surface area contributed by atoms with Crippen molar-refractivity contribution in [2.45, 2.75) is 30.9 Å². The number of hydrogen-bond acceptors (Lipinski definition) is 6. The number of ether oxygens (including phenoxy) is 6. The Morgan fingerprint density at radius 1 is 0.562 bits per heavy atom. The minimum Gasteiger partial charge on any atom is -0.376 e. The van der Waals surface area contributed by atoms with Gasteiger partial charge in [-0.15, -0.1) is 0 Å². The second kappa shape index (κ2) is 6.48.